The molecule has 0 bridgehead atoms. The van der Waals surface area contributed by atoms with Gasteiger partial charge in [0.1, 0.15) is 6.61 Å². The van der Waals surface area contributed by atoms with Gasteiger partial charge in [0.15, 0.2) is 0 Å². The highest BCUT2D eigenvalue weighted by Crippen LogP contribution is 2.26. The van der Waals surface area contributed by atoms with Crippen molar-refractivity contribution in [2.24, 2.45) is 0 Å². The largest absolute Gasteiger partial charge is 0.481 e. The monoisotopic (exact) mass is 257 g/mol. The van der Waals surface area contributed by atoms with E-state index in [1.165, 1.54) is 6.08 Å². The summed E-state index contributed by atoms with van der Waals surface area (Å²) in [6.45, 7) is 4.62. The van der Waals surface area contributed by atoms with Crippen molar-refractivity contribution in [1.29, 1.82) is 0 Å². The molecule has 0 spiro atoms. The van der Waals surface area contributed by atoms with E-state index in [-0.39, 0.29) is 13.0 Å². The number of rotatable bonds is 6. The van der Waals surface area contributed by atoms with Crippen LogP contribution in [-0.2, 0) is 14.3 Å². The van der Waals surface area contributed by atoms with E-state index >= 15 is 0 Å². The maximum atomic E-state index is 11.6. The summed E-state index contributed by atoms with van der Waals surface area (Å²) in [5.74, 6) is -0.873. The molecule has 0 radical (unpaired) electrons. The molecule has 0 atom stereocenters. The topological polar surface area (TPSA) is 84.9 Å². The number of alkyl carbamates (subject to hydrolysis) is 1. The molecule has 6 heteroatoms. The van der Waals surface area contributed by atoms with Crippen molar-refractivity contribution in [2.45, 2.75) is 31.2 Å². The van der Waals surface area contributed by atoms with Gasteiger partial charge in [-0.05, 0) is 19.3 Å². The molecule has 0 saturated carbocycles. The molecule has 1 aliphatic rings. The molecule has 1 saturated heterocycles. The summed E-state index contributed by atoms with van der Waals surface area (Å²) < 4.78 is 10.1. The fraction of sp³-hybridized carbons (Fsp3) is 0.667. The van der Waals surface area contributed by atoms with Crippen LogP contribution in [-0.4, -0.2) is 42.5 Å². The Balaban J connectivity index is 2.55. The predicted octanol–water partition coefficient (Wildman–Crippen LogP) is 1.31. The van der Waals surface area contributed by atoms with Crippen LogP contribution in [0.25, 0.3) is 0 Å². The molecule has 0 aliphatic carbocycles. The number of carboxylic acids is 1. The molecule has 1 rings (SSSR count). The second-order valence-corrected chi connectivity index (χ2v) is 4.30. The van der Waals surface area contributed by atoms with E-state index in [9.17, 15) is 9.59 Å². The molecule has 1 aliphatic heterocycles. The van der Waals surface area contributed by atoms with Crippen molar-refractivity contribution in [3.05, 3.63) is 12.7 Å². The highest BCUT2D eigenvalue weighted by atomic mass is 16.5. The van der Waals surface area contributed by atoms with Gasteiger partial charge in [-0.1, -0.05) is 12.7 Å². The normalized spacial score (nSPS) is 17.8. The number of hydrogen-bond donors (Lipinski definition) is 2. The molecule has 0 unspecified atom stereocenters. The Labute approximate surface area is 106 Å². The highest BCUT2D eigenvalue weighted by molar-refractivity contribution is 5.69. The Morgan fingerprint density at radius 3 is 2.67 bits per heavy atom. The summed E-state index contributed by atoms with van der Waals surface area (Å²) in [5.41, 5.74) is -0.533. The van der Waals surface area contributed by atoms with E-state index in [2.05, 4.69) is 11.9 Å². The predicted molar refractivity (Wildman–Crippen MR) is 64.3 cm³/mol. The van der Waals surface area contributed by atoms with Crippen LogP contribution in [0.4, 0.5) is 4.79 Å². The molecule has 0 aromatic heterocycles. The zero-order chi connectivity index (χ0) is 13.4. The molecule has 0 aromatic rings. The molecule has 6 nitrogen and oxygen atoms in total. The van der Waals surface area contributed by atoms with Gasteiger partial charge >= 0.3 is 12.1 Å². The lowest BCUT2D eigenvalue weighted by atomic mass is 9.85. The number of nitrogens with one attached hydrogen (secondary N) is 1. The summed E-state index contributed by atoms with van der Waals surface area (Å²) in [6, 6.07) is 0. The maximum Gasteiger partial charge on any atom is 0.407 e. The van der Waals surface area contributed by atoms with Crippen LogP contribution in [0, 0.1) is 0 Å². The zero-order valence-corrected chi connectivity index (χ0v) is 10.3. The third-order valence-electron chi connectivity index (χ3n) is 2.97. The molecule has 0 aromatic carbocycles. The first-order valence-electron chi connectivity index (χ1n) is 5.93. The van der Waals surface area contributed by atoms with Crippen LogP contribution >= 0.6 is 0 Å². The number of carbonyl (C=O) groups is 2. The first-order valence-corrected chi connectivity index (χ1v) is 5.93. The summed E-state index contributed by atoms with van der Waals surface area (Å²) in [6.07, 6.45) is 2.54. The molecule has 1 amide bonds. The van der Waals surface area contributed by atoms with Gasteiger partial charge in [0, 0.05) is 25.2 Å². The van der Waals surface area contributed by atoms with Crippen LogP contribution < -0.4 is 5.32 Å². The van der Waals surface area contributed by atoms with Crippen molar-refractivity contribution in [3.63, 3.8) is 0 Å². The Morgan fingerprint density at radius 2 is 2.11 bits per heavy atom. The smallest absolute Gasteiger partial charge is 0.407 e. The minimum Gasteiger partial charge on any atom is -0.481 e. The van der Waals surface area contributed by atoms with Crippen molar-refractivity contribution in [1.82, 2.24) is 5.32 Å². The number of aliphatic carboxylic acids is 1. The van der Waals surface area contributed by atoms with E-state index in [1.54, 1.807) is 0 Å². The van der Waals surface area contributed by atoms with Gasteiger partial charge in [0.05, 0.1) is 0 Å². The first-order chi connectivity index (χ1) is 8.58. The molecule has 18 heavy (non-hydrogen) atoms. The number of amides is 1. The number of carboxylic acid groups (broad SMARTS) is 1. The van der Waals surface area contributed by atoms with Gasteiger partial charge in [-0.25, -0.2) is 4.79 Å². The van der Waals surface area contributed by atoms with Crippen LogP contribution in [0.2, 0.25) is 0 Å². The fourth-order valence-electron chi connectivity index (χ4n) is 1.93. The van der Waals surface area contributed by atoms with Gasteiger partial charge in [-0.15, -0.1) is 0 Å². The van der Waals surface area contributed by atoms with Crippen molar-refractivity contribution in [3.8, 4) is 0 Å². The lowest BCUT2D eigenvalue weighted by Gasteiger charge is -2.37. The third-order valence-corrected chi connectivity index (χ3v) is 2.97. The summed E-state index contributed by atoms with van der Waals surface area (Å²) in [7, 11) is 0. The minimum absolute atomic E-state index is 0.0156. The van der Waals surface area contributed by atoms with E-state index in [1.807, 2.05) is 0 Å². The van der Waals surface area contributed by atoms with Crippen molar-refractivity contribution < 1.29 is 24.2 Å². The second kappa shape index (κ2) is 7.00. The van der Waals surface area contributed by atoms with Gasteiger partial charge in [0.2, 0.25) is 0 Å². The Hall–Kier alpha value is -1.56. The van der Waals surface area contributed by atoms with E-state index in [4.69, 9.17) is 14.6 Å². The maximum absolute atomic E-state index is 11.6. The molecular weight excluding hydrogens is 238 g/mol. The summed E-state index contributed by atoms with van der Waals surface area (Å²) in [5, 5.41) is 11.5. The molecule has 1 heterocycles. The zero-order valence-electron chi connectivity index (χ0n) is 10.3. The Morgan fingerprint density at radius 1 is 1.44 bits per heavy atom. The minimum atomic E-state index is -0.873. The SMILES string of the molecule is C=CCOC(=O)NC1(CCC(=O)O)CCOCC1. The number of ether oxygens (including phenoxy) is 2. The Bertz CT molecular complexity index is 310. The quantitative estimate of drug-likeness (QED) is 0.701. The lowest BCUT2D eigenvalue weighted by molar-refractivity contribution is -0.137. The van der Waals surface area contributed by atoms with Gasteiger partial charge < -0.3 is 19.9 Å². The molecular formula is C12H19NO5. The molecule has 1 fully saturated rings. The summed E-state index contributed by atoms with van der Waals surface area (Å²) >= 11 is 0. The number of hydrogen-bond acceptors (Lipinski definition) is 4. The van der Waals surface area contributed by atoms with Crippen LogP contribution in [0.5, 0.6) is 0 Å². The van der Waals surface area contributed by atoms with Gasteiger partial charge in [0.25, 0.3) is 0 Å². The second-order valence-electron chi connectivity index (χ2n) is 4.30. The average molecular weight is 257 g/mol. The molecule has 102 valence electrons. The van der Waals surface area contributed by atoms with E-state index in [0.29, 0.717) is 32.5 Å². The Kier molecular flexibility index (Phi) is 5.64. The van der Waals surface area contributed by atoms with Crippen LogP contribution in [0.3, 0.4) is 0 Å². The van der Waals surface area contributed by atoms with E-state index < -0.39 is 17.6 Å². The highest BCUT2D eigenvalue weighted by Gasteiger charge is 2.34. The molecule has 2 N–H and O–H groups in total. The number of carbonyl (C=O) groups excluding carboxylic acids is 1. The fourth-order valence-corrected chi connectivity index (χ4v) is 1.93. The first kappa shape index (κ1) is 14.5. The average Bonchev–Trinajstić information content (AvgIpc) is 2.35. The third kappa shape index (κ3) is 4.75. The van der Waals surface area contributed by atoms with E-state index in [0.717, 1.165) is 0 Å². The van der Waals surface area contributed by atoms with Crippen LogP contribution in [0.1, 0.15) is 25.7 Å². The lowest BCUT2D eigenvalue weighted by Crippen LogP contribution is -2.52. The van der Waals surface area contributed by atoms with Crippen molar-refractivity contribution in [2.75, 3.05) is 19.8 Å². The van der Waals surface area contributed by atoms with Gasteiger partial charge in [-0.2, -0.15) is 0 Å². The standard InChI is InChI=1S/C12H19NO5/c1-2-7-18-11(16)13-12(4-3-10(14)15)5-8-17-9-6-12/h2H,1,3-9H2,(H,13,16)(H,14,15). The van der Waals surface area contributed by atoms with Gasteiger partial charge in [-0.3, -0.25) is 4.79 Å². The summed E-state index contributed by atoms with van der Waals surface area (Å²) in [4.78, 5) is 22.2. The van der Waals surface area contributed by atoms with Crippen molar-refractivity contribution >= 4 is 12.1 Å². The van der Waals surface area contributed by atoms with Crippen LogP contribution in [0.15, 0.2) is 12.7 Å².